The van der Waals surface area contributed by atoms with Gasteiger partial charge >= 0.3 is 0 Å². The molecule has 3 nitrogen and oxygen atoms in total. The Bertz CT molecular complexity index is 292. The Morgan fingerprint density at radius 2 is 2.69 bits per heavy atom. The quantitative estimate of drug-likeness (QED) is 0.695. The fourth-order valence-corrected chi connectivity index (χ4v) is 2.62. The van der Waals surface area contributed by atoms with Gasteiger partial charge in [0.2, 0.25) is 5.89 Å². The number of carbonyl (C=O) groups excluding carboxylic acids is 1. The summed E-state index contributed by atoms with van der Waals surface area (Å²) in [5.41, 5.74) is 0. The molecule has 1 aromatic rings. The highest BCUT2D eigenvalue weighted by atomic mass is 32.2. The average Bonchev–Trinajstić information content (AvgIpc) is 2.70. The van der Waals surface area contributed by atoms with Crippen LogP contribution >= 0.6 is 11.8 Å². The van der Waals surface area contributed by atoms with Gasteiger partial charge in [-0.2, -0.15) is 0 Å². The van der Waals surface area contributed by atoms with Crippen molar-refractivity contribution in [3.63, 3.8) is 0 Å². The zero-order chi connectivity index (χ0) is 9.10. The average molecular weight is 197 g/mol. The van der Waals surface area contributed by atoms with E-state index in [1.54, 1.807) is 6.20 Å². The molecule has 2 heterocycles. The molecule has 0 amide bonds. The van der Waals surface area contributed by atoms with Crippen LogP contribution in [0.1, 0.15) is 29.7 Å². The predicted molar refractivity (Wildman–Crippen MR) is 50.7 cm³/mol. The van der Waals surface area contributed by atoms with Crippen LogP contribution in [0.3, 0.4) is 0 Å². The molecule has 0 N–H and O–H groups in total. The van der Waals surface area contributed by atoms with E-state index in [1.807, 2.05) is 11.8 Å². The summed E-state index contributed by atoms with van der Waals surface area (Å²) in [6, 6.07) is 0. The fraction of sp³-hybridized carbons (Fsp3) is 0.556. The van der Waals surface area contributed by atoms with Crippen LogP contribution in [0.25, 0.3) is 0 Å². The van der Waals surface area contributed by atoms with Crippen LogP contribution < -0.4 is 0 Å². The highest BCUT2D eigenvalue weighted by Crippen LogP contribution is 2.39. The van der Waals surface area contributed by atoms with Crippen molar-refractivity contribution in [2.45, 2.75) is 24.5 Å². The van der Waals surface area contributed by atoms with E-state index in [4.69, 9.17) is 4.42 Å². The van der Waals surface area contributed by atoms with Gasteiger partial charge in [-0.25, -0.2) is 4.98 Å². The van der Waals surface area contributed by atoms with E-state index in [9.17, 15) is 4.79 Å². The lowest BCUT2D eigenvalue weighted by Gasteiger charge is -2.00. The Kier molecular flexibility index (Phi) is 2.68. The summed E-state index contributed by atoms with van der Waals surface area (Å²) in [6.45, 7) is 0. The molecule has 2 rings (SSSR count). The van der Waals surface area contributed by atoms with E-state index >= 15 is 0 Å². The first-order valence-corrected chi connectivity index (χ1v) is 5.45. The van der Waals surface area contributed by atoms with E-state index in [0.29, 0.717) is 17.4 Å². The number of aldehydes is 1. The largest absolute Gasteiger partial charge is 0.444 e. The summed E-state index contributed by atoms with van der Waals surface area (Å²) in [5, 5.41) is 0.417. The topological polar surface area (TPSA) is 43.1 Å². The number of aromatic nitrogens is 1. The minimum absolute atomic E-state index is 0.338. The van der Waals surface area contributed by atoms with Gasteiger partial charge in [-0.15, -0.1) is 11.8 Å². The molecule has 0 aliphatic carbocycles. The van der Waals surface area contributed by atoms with Gasteiger partial charge in [0, 0.05) is 0 Å². The van der Waals surface area contributed by atoms with Crippen LogP contribution in [0.2, 0.25) is 0 Å². The van der Waals surface area contributed by atoms with Gasteiger partial charge in [0.05, 0.1) is 17.9 Å². The van der Waals surface area contributed by atoms with Crippen LogP contribution in [0.5, 0.6) is 0 Å². The molecule has 0 bridgehead atoms. The zero-order valence-electron chi connectivity index (χ0n) is 7.23. The Balaban J connectivity index is 2.07. The lowest BCUT2D eigenvalue weighted by atomic mass is 10.2. The minimum atomic E-state index is 0.338. The predicted octanol–water partition coefficient (Wildman–Crippen LogP) is 1.98. The molecule has 1 saturated heterocycles. The van der Waals surface area contributed by atoms with Crippen molar-refractivity contribution >= 4 is 18.0 Å². The molecule has 70 valence electrons. The summed E-state index contributed by atoms with van der Waals surface area (Å²) in [4.78, 5) is 14.4. The number of rotatable bonds is 3. The van der Waals surface area contributed by atoms with E-state index < -0.39 is 0 Å². The molecule has 1 unspecified atom stereocenters. The lowest BCUT2D eigenvalue weighted by molar-refractivity contribution is -0.107. The van der Waals surface area contributed by atoms with Crippen molar-refractivity contribution in [2.75, 3.05) is 5.75 Å². The van der Waals surface area contributed by atoms with Gasteiger partial charge < -0.3 is 9.21 Å². The molecule has 1 aromatic heterocycles. The van der Waals surface area contributed by atoms with Crippen molar-refractivity contribution in [1.29, 1.82) is 0 Å². The van der Waals surface area contributed by atoms with E-state index in [-0.39, 0.29) is 0 Å². The third-order valence-corrected chi connectivity index (χ3v) is 3.43. The second kappa shape index (κ2) is 3.96. The Morgan fingerprint density at radius 3 is 3.38 bits per heavy atom. The van der Waals surface area contributed by atoms with E-state index in [0.717, 1.165) is 18.6 Å². The van der Waals surface area contributed by atoms with Gasteiger partial charge in [0.1, 0.15) is 12.0 Å². The fourth-order valence-electron chi connectivity index (χ4n) is 1.42. The second-order valence-corrected chi connectivity index (χ2v) is 4.35. The van der Waals surface area contributed by atoms with Crippen molar-refractivity contribution in [1.82, 2.24) is 4.98 Å². The first-order chi connectivity index (χ1) is 6.40. The van der Waals surface area contributed by atoms with Crippen molar-refractivity contribution in [3.05, 3.63) is 17.8 Å². The maximum absolute atomic E-state index is 10.2. The molecule has 0 saturated carbocycles. The van der Waals surface area contributed by atoms with Crippen LogP contribution in [0.15, 0.2) is 10.6 Å². The number of oxazole rings is 1. The molecule has 4 heteroatoms. The zero-order valence-corrected chi connectivity index (χ0v) is 8.05. The molecule has 0 aromatic carbocycles. The van der Waals surface area contributed by atoms with Gasteiger partial charge in [-0.3, -0.25) is 0 Å². The molecular weight excluding hydrogens is 186 g/mol. The maximum Gasteiger partial charge on any atom is 0.207 e. The number of nitrogens with zero attached hydrogens (tertiary/aromatic N) is 1. The number of hydrogen-bond acceptors (Lipinski definition) is 4. The first kappa shape index (κ1) is 8.81. The monoisotopic (exact) mass is 197 g/mol. The molecule has 13 heavy (non-hydrogen) atoms. The normalized spacial score (nSPS) is 22.0. The Labute approximate surface area is 80.9 Å². The summed E-state index contributed by atoms with van der Waals surface area (Å²) in [7, 11) is 0. The molecule has 1 atom stereocenters. The molecule has 1 aliphatic heterocycles. The second-order valence-electron chi connectivity index (χ2n) is 3.04. The van der Waals surface area contributed by atoms with Crippen LogP contribution in [-0.4, -0.2) is 17.0 Å². The van der Waals surface area contributed by atoms with Crippen molar-refractivity contribution in [2.24, 2.45) is 0 Å². The molecule has 0 spiro atoms. The molecule has 1 fully saturated rings. The highest BCUT2D eigenvalue weighted by Gasteiger charge is 2.22. The Hall–Kier alpha value is -0.770. The summed E-state index contributed by atoms with van der Waals surface area (Å²) in [6.07, 6.45) is 5.21. The van der Waals surface area contributed by atoms with Gasteiger partial charge in [-0.05, 0) is 18.6 Å². The number of hydrogen-bond donors (Lipinski definition) is 0. The standard InChI is InChI=1S/C9H11NO2S/c11-4-3-7-6-10-9(12-7)8-2-1-5-13-8/h4,6,8H,1-3,5H2. The van der Waals surface area contributed by atoms with Gasteiger partial charge in [0.25, 0.3) is 0 Å². The van der Waals surface area contributed by atoms with E-state index in [2.05, 4.69) is 4.98 Å². The summed E-state index contributed by atoms with van der Waals surface area (Å²) >= 11 is 1.88. The van der Waals surface area contributed by atoms with Gasteiger partial charge in [-0.1, -0.05) is 0 Å². The van der Waals surface area contributed by atoms with Crippen LogP contribution in [0, 0.1) is 0 Å². The number of thioether (sulfide) groups is 1. The first-order valence-electron chi connectivity index (χ1n) is 4.40. The minimum Gasteiger partial charge on any atom is -0.444 e. The molecule has 0 radical (unpaired) electrons. The van der Waals surface area contributed by atoms with Crippen LogP contribution in [-0.2, 0) is 11.2 Å². The summed E-state index contributed by atoms with van der Waals surface area (Å²) in [5.74, 6) is 2.66. The third kappa shape index (κ3) is 1.94. The third-order valence-electron chi connectivity index (χ3n) is 2.06. The van der Waals surface area contributed by atoms with E-state index in [1.165, 1.54) is 12.2 Å². The highest BCUT2D eigenvalue weighted by molar-refractivity contribution is 7.99. The SMILES string of the molecule is O=CCc1cnc(C2CCCS2)o1. The number of carbonyl (C=O) groups is 1. The summed E-state index contributed by atoms with van der Waals surface area (Å²) < 4.78 is 5.44. The lowest BCUT2D eigenvalue weighted by Crippen LogP contribution is -1.87. The molecule has 1 aliphatic rings. The Morgan fingerprint density at radius 1 is 1.77 bits per heavy atom. The van der Waals surface area contributed by atoms with Gasteiger partial charge in [0.15, 0.2) is 0 Å². The van der Waals surface area contributed by atoms with Crippen LogP contribution in [0.4, 0.5) is 0 Å². The van der Waals surface area contributed by atoms with Crippen molar-refractivity contribution in [3.8, 4) is 0 Å². The van der Waals surface area contributed by atoms with Crippen molar-refractivity contribution < 1.29 is 9.21 Å². The maximum atomic E-state index is 10.2. The molecular formula is C9H11NO2S. The smallest absolute Gasteiger partial charge is 0.207 e.